The Bertz CT molecular complexity index is 197. The SMILES string of the molecule is Nc1ccc(NCCO)[nH]1. The zero-order valence-corrected chi connectivity index (χ0v) is 5.59. The number of hydrogen-bond acceptors (Lipinski definition) is 3. The van der Waals surface area contributed by atoms with E-state index in [0.29, 0.717) is 12.4 Å². The van der Waals surface area contributed by atoms with Crippen molar-refractivity contribution in [3.63, 3.8) is 0 Å². The summed E-state index contributed by atoms with van der Waals surface area (Å²) in [5.74, 6) is 1.46. The van der Waals surface area contributed by atoms with Gasteiger partial charge in [-0.25, -0.2) is 0 Å². The van der Waals surface area contributed by atoms with Gasteiger partial charge >= 0.3 is 0 Å². The van der Waals surface area contributed by atoms with Crippen molar-refractivity contribution in [3.05, 3.63) is 12.1 Å². The van der Waals surface area contributed by atoms with Crippen molar-refractivity contribution in [1.82, 2.24) is 4.98 Å². The minimum atomic E-state index is 0.124. The fraction of sp³-hybridized carbons (Fsp3) is 0.333. The Morgan fingerprint density at radius 1 is 1.60 bits per heavy atom. The van der Waals surface area contributed by atoms with Gasteiger partial charge in [0.25, 0.3) is 0 Å². The van der Waals surface area contributed by atoms with Crippen LogP contribution < -0.4 is 11.1 Å². The third-order valence-electron chi connectivity index (χ3n) is 1.14. The second-order valence-electron chi connectivity index (χ2n) is 1.98. The molecule has 1 aromatic heterocycles. The second kappa shape index (κ2) is 3.12. The Balaban J connectivity index is 2.42. The predicted molar refractivity (Wildman–Crippen MR) is 40.8 cm³/mol. The lowest BCUT2D eigenvalue weighted by molar-refractivity contribution is 0.311. The van der Waals surface area contributed by atoms with E-state index < -0.39 is 0 Å². The first kappa shape index (κ1) is 6.95. The van der Waals surface area contributed by atoms with E-state index in [1.807, 2.05) is 6.07 Å². The topological polar surface area (TPSA) is 74.1 Å². The molecule has 0 amide bonds. The molecule has 0 spiro atoms. The van der Waals surface area contributed by atoms with Crippen molar-refractivity contribution < 1.29 is 5.11 Å². The van der Waals surface area contributed by atoms with E-state index in [0.717, 1.165) is 5.82 Å². The molecule has 0 atom stereocenters. The molecular formula is C6H11N3O. The van der Waals surface area contributed by atoms with E-state index in [2.05, 4.69) is 10.3 Å². The third kappa shape index (κ3) is 1.66. The Hall–Kier alpha value is -1.16. The molecule has 0 aliphatic carbocycles. The molecule has 0 aromatic carbocycles. The lowest BCUT2D eigenvalue weighted by Gasteiger charge is -1.98. The number of nitrogen functional groups attached to an aromatic ring is 1. The van der Waals surface area contributed by atoms with Crippen molar-refractivity contribution in [3.8, 4) is 0 Å². The third-order valence-corrected chi connectivity index (χ3v) is 1.14. The number of nitrogens with one attached hydrogen (secondary N) is 2. The van der Waals surface area contributed by atoms with Gasteiger partial charge in [0.1, 0.15) is 11.6 Å². The van der Waals surface area contributed by atoms with Crippen molar-refractivity contribution in [2.24, 2.45) is 0 Å². The highest BCUT2D eigenvalue weighted by Crippen LogP contribution is 2.06. The van der Waals surface area contributed by atoms with E-state index in [9.17, 15) is 0 Å². The van der Waals surface area contributed by atoms with Gasteiger partial charge in [0.05, 0.1) is 6.61 Å². The summed E-state index contributed by atoms with van der Waals surface area (Å²) in [5.41, 5.74) is 5.39. The lowest BCUT2D eigenvalue weighted by Crippen LogP contribution is -2.05. The first-order valence-electron chi connectivity index (χ1n) is 3.12. The Kier molecular flexibility index (Phi) is 2.17. The van der Waals surface area contributed by atoms with Crippen LogP contribution in [0.15, 0.2) is 12.1 Å². The molecule has 1 heterocycles. The summed E-state index contributed by atoms with van der Waals surface area (Å²) in [5, 5.41) is 11.4. The zero-order chi connectivity index (χ0) is 7.40. The summed E-state index contributed by atoms with van der Waals surface area (Å²) >= 11 is 0. The van der Waals surface area contributed by atoms with Gasteiger partial charge in [0, 0.05) is 6.54 Å². The normalized spacial score (nSPS) is 9.70. The molecule has 0 fully saturated rings. The minimum Gasteiger partial charge on any atom is -0.395 e. The van der Waals surface area contributed by atoms with Crippen LogP contribution in [0.2, 0.25) is 0 Å². The van der Waals surface area contributed by atoms with E-state index in [-0.39, 0.29) is 6.61 Å². The summed E-state index contributed by atoms with van der Waals surface area (Å²) in [4.78, 5) is 2.87. The van der Waals surface area contributed by atoms with Gasteiger partial charge in [-0.3, -0.25) is 0 Å². The molecule has 0 saturated carbocycles. The van der Waals surface area contributed by atoms with Crippen LogP contribution in [0.4, 0.5) is 11.6 Å². The fourth-order valence-electron chi connectivity index (χ4n) is 0.706. The van der Waals surface area contributed by atoms with Crippen LogP contribution in [0, 0.1) is 0 Å². The summed E-state index contributed by atoms with van der Waals surface area (Å²) in [6, 6.07) is 3.59. The number of aliphatic hydroxyl groups is 1. The number of nitrogens with two attached hydrogens (primary N) is 1. The van der Waals surface area contributed by atoms with Crippen LogP contribution in [0.25, 0.3) is 0 Å². The highest BCUT2D eigenvalue weighted by Gasteiger charge is 1.91. The van der Waals surface area contributed by atoms with Crippen LogP contribution in [-0.4, -0.2) is 23.2 Å². The number of anilines is 2. The largest absolute Gasteiger partial charge is 0.395 e. The standard InChI is InChI=1S/C6H11N3O/c7-5-1-2-6(9-5)8-3-4-10/h1-2,8-10H,3-4,7H2. The second-order valence-corrected chi connectivity index (χ2v) is 1.98. The summed E-state index contributed by atoms with van der Waals surface area (Å²) in [7, 11) is 0. The number of aromatic amines is 1. The van der Waals surface area contributed by atoms with Crippen LogP contribution in [0.1, 0.15) is 0 Å². The highest BCUT2D eigenvalue weighted by atomic mass is 16.3. The van der Waals surface area contributed by atoms with E-state index in [1.54, 1.807) is 6.07 Å². The Morgan fingerprint density at radius 3 is 2.90 bits per heavy atom. The molecule has 0 aliphatic rings. The molecule has 4 heteroatoms. The van der Waals surface area contributed by atoms with Gasteiger partial charge in [-0.2, -0.15) is 0 Å². The van der Waals surface area contributed by atoms with Crippen LogP contribution >= 0.6 is 0 Å². The van der Waals surface area contributed by atoms with Crippen LogP contribution in [0.5, 0.6) is 0 Å². The van der Waals surface area contributed by atoms with E-state index in [4.69, 9.17) is 10.8 Å². The molecule has 0 saturated heterocycles. The van der Waals surface area contributed by atoms with Gasteiger partial charge < -0.3 is 21.1 Å². The molecule has 1 rings (SSSR count). The van der Waals surface area contributed by atoms with Crippen molar-refractivity contribution in [1.29, 1.82) is 0 Å². The average Bonchev–Trinajstić information content (AvgIpc) is 2.31. The minimum absolute atomic E-state index is 0.124. The predicted octanol–water partition coefficient (Wildman–Crippen LogP) is 0.00110. The highest BCUT2D eigenvalue weighted by molar-refractivity contribution is 5.45. The van der Waals surface area contributed by atoms with E-state index >= 15 is 0 Å². The van der Waals surface area contributed by atoms with Gasteiger partial charge in [0.2, 0.25) is 0 Å². The van der Waals surface area contributed by atoms with Gasteiger partial charge in [0.15, 0.2) is 0 Å². The summed E-state index contributed by atoms with van der Waals surface area (Å²) in [6.07, 6.45) is 0. The quantitative estimate of drug-likeness (QED) is 0.478. The number of H-pyrrole nitrogens is 1. The lowest BCUT2D eigenvalue weighted by atomic mass is 10.6. The zero-order valence-electron chi connectivity index (χ0n) is 5.59. The Morgan fingerprint density at radius 2 is 2.40 bits per heavy atom. The molecule has 56 valence electrons. The van der Waals surface area contributed by atoms with Crippen LogP contribution in [-0.2, 0) is 0 Å². The number of rotatable bonds is 3. The molecule has 5 N–H and O–H groups in total. The average molecular weight is 141 g/mol. The fourth-order valence-corrected chi connectivity index (χ4v) is 0.706. The Labute approximate surface area is 59.1 Å². The molecule has 0 bridgehead atoms. The molecule has 0 radical (unpaired) electrons. The maximum absolute atomic E-state index is 8.43. The van der Waals surface area contributed by atoms with Crippen molar-refractivity contribution in [2.75, 3.05) is 24.2 Å². The van der Waals surface area contributed by atoms with Gasteiger partial charge in [-0.1, -0.05) is 0 Å². The molecule has 0 unspecified atom stereocenters. The summed E-state index contributed by atoms with van der Waals surface area (Å²) in [6.45, 7) is 0.666. The molecule has 1 aromatic rings. The maximum atomic E-state index is 8.43. The van der Waals surface area contributed by atoms with Gasteiger partial charge in [-0.05, 0) is 12.1 Å². The molecule has 10 heavy (non-hydrogen) atoms. The maximum Gasteiger partial charge on any atom is 0.104 e. The number of hydrogen-bond donors (Lipinski definition) is 4. The summed E-state index contributed by atoms with van der Waals surface area (Å²) < 4.78 is 0. The number of aliphatic hydroxyl groups excluding tert-OH is 1. The van der Waals surface area contributed by atoms with Crippen molar-refractivity contribution in [2.45, 2.75) is 0 Å². The first-order chi connectivity index (χ1) is 4.83. The number of aromatic nitrogens is 1. The monoisotopic (exact) mass is 141 g/mol. The van der Waals surface area contributed by atoms with E-state index in [1.165, 1.54) is 0 Å². The molecular weight excluding hydrogens is 130 g/mol. The molecule has 0 aliphatic heterocycles. The van der Waals surface area contributed by atoms with Crippen LogP contribution in [0.3, 0.4) is 0 Å². The van der Waals surface area contributed by atoms with Gasteiger partial charge in [-0.15, -0.1) is 0 Å². The first-order valence-corrected chi connectivity index (χ1v) is 3.12. The smallest absolute Gasteiger partial charge is 0.104 e. The molecule has 4 nitrogen and oxygen atoms in total. The van der Waals surface area contributed by atoms with Crippen molar-refractivity contribution >= 4 is 11.6 Å².